The van der Waals surface area contributed by atoms with Gasteiger partial charge in [0.1, 0.15) is 0 Å². The van der Waals surface area contributed by atoms with Crippen molar-refractivity contribution in [3.8, 4) is 0 Å². The van der Waals surface area contributed by atoms with Crippen molar-refractivity contribution in [3.05, 3.63) is 0 Å². The topological polar surface area (TPSA) is 6.48 Å². The molecule has 0 bridgehead atoms. The number of hydrogen-bond acceptors (Lipinski definition) is 2. The van der Waals surface area contributed by atoms with E-state index in [0.717, 1.165) is 19.5 Å². The largest absolute Gasteiger partial charge is 0.401 e. The molecule has 2 saturated heterocycles. The Kier molecular flexibility index (Phi) is 3.21. The van der Waals surface area contributed by atoms with Crippen LogP contribution in [0.25, 0.3) is 0 Å². The first-order chi connectivity index (χ1) is 7.04. The summed E-state index contributed by atoms with van der Waals surface area (Å²) in [5.74, 6) is 0. The molecule has 0 aromatic heterocycles. The second-order valence-corrected chi connectivity index (χ2v) is 4.54. The molecule has 15 heavy (non-hydrogen) atoms. The van der Waals surface area contributed by atoms with Gasteiger partial charge in [0.2, 0.25) is 0 Å². The second-order valence-electron chi connectivity index (χ2n) is 4.54. The number of halogens is 3. The van der Waals surface area contributed by atoms with E-state index in [4.69, 9.17) is 0 Å². The lowest BCUT2D eigenvalue weighted by molar-refractivity contribution is -0.143. The van der Waals surface area contributed by atoms with Crippen LogP contribution in [0.15, 0.2) is 0 Å². The fourth-order valence-electron chi connectivity index (χ4n) is 2.61. The van der Waals surface area contributed by atoms with Crippen molar-refractivity contribution in [2.24, 2.45) is 0 Å². The van der Waals surface area contributed by atoms with Crippen molar-refractivity contribution < 1.29 is 13.2 Å². The van der Waals surface area contributed by atoms with Crippen molar-refractivity contribution in [1.82, 2.24) is 9.80 Å². The lowest BCUT2D eigenvalue weighted by atomic mass is 10.2. The van der Waals surface area contributed by atoms with E-state index in [9.17, 15) is 13.2 Å². The maximum Gasteiger partial charge on any atom is 0.401 e. The smallest absolute Gasteiger partial charge is 0.299 e. The quantitative estimate of drug-likeness (QED) is 0.702. The normalized spacial score (nSPS) is 30.2. The van der Waals surface area contributed by atoms with E-state index < -0.39 is 12.7 Å². The molecular weight excluding hydrogens is 205 g/mol. The van der Waals surface area contributed by atoms with E-state index in [1.54, 1.807) is 0 Å². The maximum absolute atomic E-state index is 12.2. The monoisotopic (exact) mass is 222 g/mol. The average molecular weight is 222 g/mol. The molecule has 1 unspecified atom stereocenters. The predicted molar refractivity (Wildman–Crippen MR) is 51.7 cm³/mol. The summed E-state index contributed by atoms with van der Waals surface area (Å²) in [6.45, 7) is 2.60. The third-order valence-electron chi connectivity index (χ3n) is 3.31. The highest BCUT2D eigenvalue weighted by Gasteiger charge is 2.36. The van der Waals surface area contributed by atoms with Gasteiger partial charge >= 0.3 is 6.18 Å². The van der Waals surface area contributed by atoms with Gasteiger partial charge in [-0.2, -0.15) is 13.2 Å². The molecule has 0 N–H and O–H groups in total. The Hall–Kier alpha value is -0.290. The molecule has 5 heteroatoms. The SMILES string of the molecule is FC(F)(F)CN1CCC(N2CCCC2)C1. The Morgan fingerprint density at radius 1 is 1.07 bits per heavy atom. The molecule has 2 aliphatic rings. The van der Waals surface area contributed by atoms with E-state index in [1.807, 2.05) is 0 Å². The van der Waals surface area contributed by atoms with Crippen LogP contribution >= 0.6 is 0 Å². The Bertz CT molecular complexity index is 211. The standard InChI is InChI=1S/C10H17F3N2/c11-10(12,13)8-14-6-3-9(7-14)15-4-1-2-5-15/h9H,1-8H2. The molecule has 0 aromatic carbocycles. The van der Waals surface area contributed by atoms with Gasteiger partial charge in [0.05, 0.1) is 6.54 Å². The van der Waals surface area contributed by atoms with Gasteiger partial charge in [-0.05, 0) is 32.4 Å². The van der Waals surface area contributed by atoms with Crippen LogP contribution in [0.4, 0.5) is 13.2 Å². The molecule has 0 aliphatic carbocycles. The summed E-state index contributed by atoms with van der Waals surface area (Å²) < 4.78 is 36.5. The fraction of sp³-hybridized carbons (Fsp3) is 1.00. The molecule has 0 aromatic rings. The van der Waals surface area contributed by atoms with E-state index in [2.05, 4.69) is 4.90 Å². The van der Waals surface area contributed by atoms with E-state index in [1.165, 1.54) is 17.7 Å². The third-order valence-corrected chi connectivity index (χ3v) is 3.31. The van der Waals surface area contributed by atoms with Crippen LogP contribution in [0.2, 0.25) is 0 Å². The van der Waals surface area contributed by atoms with Crippen molar-refractivity contribution in [3.63, 3.8) is 0 Å². The molecule has 2 nitrogen and oxygen atoms in total. The summed E-state index contributed by atoms with van der Waals surface area (Å²) >= 11 is 0. The maximum atomic E-state index is 12.2. The summed E-state index contributed by atoms with van der Waals surface area (Å²) in [4.78, 5) is 3.87. The van der Waals surface area contributed by atoms with E-state index >= 15 is 0 Å². The lowest BCUT2D eigenvalue weighted by Crippen LogP contribution is -2.38. The number of alkyl halides is 3. The molecule has 0 radical (unpaired) electrons. The van der Waals surface area contributed by atoms with Crippen molar-refractivity contribution in [2.45, 2.75) is 31.5 Å². The van der Waals surface area contributed by atoms with Gasteiger partial charge in [-0.1, -0.05) is 0 Å². The summed E-state index contributed by atoms with van der Waals surface area (Å²) in [5, 5.41) is 0. The molecule has 2 heterocycles. The van der Waals surface area contributed by atoms with Crippen LogP contribution in [-0.4, -0.2) is 54.7 Å². The van der Waals surface area contributed by atoms with Crippen LogP contribution in [0.3, 0.4) is 0 Å². The molecule has 2 fully saturated rings. The zero-order valence-electron chi connectivity index (χ0n) is 8.76. The highest BCUT2D eigenvalue weighted by atomic mass is 19.4. The summed E-state index contributed by atoms with van der Waals surface area (Å²) in [5.41, 5.74) is 0. The third kappa shape index (κ3) is 3.08. The predicted octanol–water partition coefficient (Wildman–Crippen LogP) is 1.72. The Morgan fingerprint density at radius 3 is 2.33 bits per heavy atom. The first-order valence-corrected chi connectivity index (χ1v) is 5.58. The van der Waals surface area contributed by atoms with Crippen LogP contribution in [-0.2, 0) is 0 Å². The zero-order chi connectivity index (χ0) is 10.9. The molecule has 0 saturated carbocycles. The molecular formula is C10H17F3N2. The number of likely N-dealkylation sites (tertiary alicyclic amines) is 2. The first-order valence-electron chi connectivity index (χ1n) is 5.58. The van der Waals surface area contributed by atoms with Gasteiger partial charge in [0.15, 0.2) is 0 Å². The van der Waals surface area contributed by atoms with Crippen LogP contribution < -0.4 is 0 Å². The van der Waals surface area contributed by atoms with Crippen molar-refractivity contribution in [1.29, 1.82) is 0 Å². The molecule has 2 aliphatic heterocycles. The number of nitrogens with zero attached hydrogens (tertiary/aromatic N) is 2. The van der Waals surface area contributed by atoms with Crippen molar-refractivity contribution >= 4 is 0 Å². The second kappa shape index (κ2) is 4.29. The summed E-state index contributed by atoms with van der Waals surface area (Å²) in [6.07, 6.45) is -0.735. The molecule has 0 amide bonds. The summed E-state index contributed by atoms with van der Waals surface area (Å²) in [6, 6.07) is 0.370. The summed E-state index contributed by atoms with van der Waals surface area (Å²) in [7, 11) is 0. The van der Waals surface area contributed by atoms with Crippen LogP contribution in [0.5, 0.6) is 0 Å². The van der Waals surface area contributed by atoms with E-state index in [0.29, 0.717) is 19.1 Å². The highest BCUT2D eigenvalue weighted by Crippen LogP contribution is 2.24. The average Bonchev–Trinajstić information content (AvgIpc) is 2.68. The number of rotatable bonds is 2. The van der Waals surface area contributed by atoms with Gasteiger partial charge in [0, 0.05) is 19.1 Å². The van der Waals surface area contributed by atoms with Crippen LogP contribution in [0.1, 0.15) is 19.3 Å². The van der Waals surface area contributed by atoms with Gasteiger partial charge < -0.3 is 0 Å². The van der Waals surface area contributed by atoms with E-state index in [-0.39, 0.29) is 0 Å². The first kappa shape index (κ1) is 11.2. The Morgan fingerprint density at radius 2 is 1.73 bits per heavy atom. The van der Waals surface area contributed by atoms with Crippen molar-refractivity contribution in [2.75, 3.05) is 32.7 Å². The molecule has 1 atom stereocenters. The highest BCUT2D eigenvalue weighted by molar-refractivity contribution is 4.86. The van der Waals surface area contributed by atoms with Gasteiger partial charge in [-0.15, -0.1) is 0 Å². The molecule has 88 valence electrons. The molecule has 2 rings (SSSR count). The number of hydrogen-bond donors (Lipinski definition) is 0. The van der Waals surface area contributed by atoms with Crippen LogP contribution in [0, 0.1) is 0 Å². The van der Waals surface area contributed by atoms with Gasteiger partial charge in [-0.3, -0.25) is 9.80 Å². The Balaban J connectivity index is 1.79. The van der Waals surface area contributed by atoms with Gasteiger partial charge in [0.25, 0.3) is 0 Å². The fourth-order valence-corrected chi connectivity index (χ4v) is 2.61. The Labute approximate surface area is 88.0 Å². The zero-order valence-corrected chi connectivity index (χ0v) is 8.76. The molecule has 0 spiro atoms. The minimum Gasteiger partial charge on any atom is -0.299 e. The minimum absolute atomic E-state index is 0.370. The van der Waals surface area contributed by atoms with Gasteiger partial charge in [-0.25, -0.2) is 0 Å². The minimum atomic E-state index is -4.04. The lowest BCUT2D eigenvalue weighted by Gasteiger charge is -2.24.